The number of nitrogens with one attached hydrogen (secondary N) is 1. The number of para-hydroxylation sites is 1. The smallest absolute Gasteiger partial charge is 0.317 e. The first-order valence-corrected chi connectivity index (χ1v) is 6.35. The lowest BCUT2D eigenvalue weighted by Crippen LogP contribution is -2.37. The summed E-state index contributed by atoms with van der Waals surface area (Å²) in [6.07, 6.45) is 0.340. The van der Waals surface area contributed by atoms with Gasteiger partial charge in [-0.2, -0.15) is 0 Å². The van der Waals surface area contributed by atoms with Crippen molar-refractivity contribution in [2.45, 2.75) is 19.4 Å². The Morgan fingerprint density at radius 1 is 1.38 bits per heavy atom. The number of urea groups is 1. The molecule has 2 amide bonds. The zero-order valence-corrected chi connectivity index (χ0v) is 11.6. The molecule has 0 atom stereocenters. The molecule has 0 aromatic heterocycles. The number of carboxylic acid groups (broad SMARTS) is 1. The van der Waals surface area contributed by atoms with E-state index in [1.54, 1.807) is 18.2 Å². The Hall–Kier alpha value is -2.64. The predicted octanol–water partition coefficient (Wildman–Crippen LogP) is 1.60. The second-order valence-corrected chi connectivity index (χ2v) is 4.46. The topological polar surface area (TPSA) is 113 Å². The Labute approximate surface area is 121 Å². The molecule has 0 aliphatic carbocycles. The Morgan fingerprint density at radius 2 is 2.05 bits per heavy atom. The van der Waals surface area contributed by atoms with Gasteiger partial charge in [0.05, 0.1) is 11.5 Å². The van der Waals surface area contributed by atoms with Crippen molar-refractivity contribution in [3.8, 4) is 0 Å². The summed E-state index contributed by atoms with van der Waals surface area (Å²) in [6, 6.07) is 5.76. The van der Waals surface area contributed by atoms with Crippen LogP contribution in [0.1, 0.15) is 18.4 Å². The number of amides is 2. The Kier molecular flexibility index (Phi) is 6.12. The number of benzene rings is 1. The van der Waals surface area contributed by atoms with E-state index >= 15 is 0 Å². The third-order valence-corrected chi connectivity index (χ3v) is 2.85. The van der Waals surface area contributed by atoms with Crippen LogP contribution in [0.3, 0.4) is 0 Å². The molecule has 8 nitrogen and oxygen atoms in total. The van der Waals surface area contributed by atoms with Crippen molar-refractivity contribution in [3.63, 3.8) is 0 Å². The van der Waals surface area contributed by atoms with Gasteiger partial charge in [0.25, 0.3) is 5.69 Å². The van der Waals surface area contributed by atoms with Crippen molar-refractivity contribution >= 4 is 17.7 Å². The number of hydrogen-bond donors (Lipinski definition) is 2. The molecule has 0 saturated carbocycles. The van der Waals surface area contributed by atoms with Crippen LogP contribution in [-0.2, 0) is 11.3 Å². The van der Waals surface area contributed by atoms with E-state index in [0.717, 1.165) is 0 Å². The Bertz CT molecular complexity index is 532. The number of carboxylic acids is 1. The molecule has 1 aromatic carbocycles. The number of carbonyl (C=O) groups excluding carboxylic acids is 1. The van der Waals surface area contributed by atoms with Gasteiger partial charge in [0.2, 0.25) is 0 Å². The number of aliphatic carboxylic acids is 1. The molecule has 0 aliphatic rings. The molecule has 8 heteroatoms. The molecule has 114 valence electrons. The SMILES string of the molecule is CN(CCCC(=O)O)C(=O)NCc1ccccc1[N+](=O)[O-]. The third kappa shape index (κ3) is 5.47. The molecular weight excluding hydrogens is 278 g/mol. The highest BCUT2D eigenvalue weighted by Gasteiger charge is 2.14. The molecule has 0 radical (unpaired) electrons. The van der Waals surface area contributed by atoms with Crippen molar-refractivity contribution in [1.29, 1.82) is 0 Å². The van der Waals surface area contributed by atoms with Crippen LogP contribution in [0.2, 0.25) is 0 Å². The second kappa shape index (κ2) is 7.83. The average molecular weight is 295 g/mol. The van der Waals surface area contributed by atoms with E-state index < -0.39 is 16.9 Å². The molecule has 0 heterocycles. The highest BCUT2D eigenvalue weighted by atomic mass is 16.6. The molecule has 2 N–H and O–H groups in total. The van der Waals surface area contributed by atoms with E-state index in [2.05, 4.69) is 5.32 Å². The van der Waals surface area contributed by atoms with Gasteiger partial charge < -0.3 is 15.3 Å². The standard InChI is InChI=1S/C13H17N3O5/c1-15(8-4-7-12(17)18)13(19)14-9-10-5-2-3-6-11(10)16(20)21/h2-3,5-6H,4,7-9H2,1H3,(H,14,19)(H,17,18). The maximum Gasteiger partial charge on any atom is 0.317 e. The fourth-order valence-corrected chi connectivity index (χ4v) is 1.71. The van der Waals surface area contributed by atoms with Gasteiger partial charge in [-0.05, 0) is 6.42 Å². The first-order chi connectivity index (χ1) is 9.91. The first kappa shape index (κ1) is 16.4. The Balaban J connectivity index is 2.49. The largest absolute Gasteiger partial charge is 0.481 e. The summed E-state index contributed by atoms with van der Waals surface area (Å²) in [5.74, 6) is -0.913. The predicted molar refractivity (Wildman–Crippen MR) is 74.8 cm³/mol. The minimum Gasteiger partial charge on any atom is -0.481 e. The van der Waals surface area contributed by atoms with Crippen LogP contribution >= 0.6 is 0 Å². The molecule has 0 unspecified atom stereocenters. The lowest BCUT2D eigenvalue weighted by atomic mass is 10.2. The molecular formula is C13H17N3O5. The summed E-state index contributed by atoms with van der Waals surface area (Å²) in [7, 11) is 1.54. The van der Waals surface area contributed by atoms with E-state index in [9.17, 15) is 19.7 Å². The highest BCUT2D eigenvalue weighted by molar-refractivity contribution is 5.74. The molecule has 0 saturated heterocycles. The number of rotatable bonds is 7. The van der Waals surface area contributed by atoms with Crippen molar-refractivity contribution in [1.82, 2.24) is 10.2 Å². The van der Waals surface area contributed by atoms with Gasteiger partial charge in [-0.25, -0.2) is 4.79 Å². The van der Waals surface area contributed by atoms with Gasteiger partial charge in [0.1, 0.15) is 0 Å². The van der Waals surface area contributed by atoms with Crippen LogP contribution in [0.15, 0.2) is 24.3 Å². The lowest BCUT2D eigenvalue weighted by molar-refractivity contribution is -0.385. The van der Waals surface area contributed by atoms with Crippen molar-refractivity contribution < 1.29 is 19.6 Å². The average Bonchev–Trinajstić information content (AvgIpc) is 2.44. The van der Waals surface area contributed by atoms with E-state index in [4.69, 9.17) is 5.11 Å². The summed E-state index contributed by atoms with van der Waals surface area (Å²) < 4.78 is 0. The summed E-state index contributed by atoms with van der Waals surface area (Å²) in [6.45, 7) is 0.342. The van der Waals surface area contributed by atoms with Crippen LogP contribution in [0, 0.1) is 10.1 Å². The van der Waals surface area contributed by atoms with Gasteiger partial charge in [0, 0.05) is 31.6 Å². The van der Waals surface area contributed by atoms with E-state index in [0.29, 0.717) is 18.5 Å². The zero-order chi connectivity index (χ0) is 15.8. The van der Waals surface area contributed by atoms with Gasteiger partial charge in [-0.1, -0.05) is 18.2 Å². The minimum absolute atomic E-state index is 0.0121. The van der Waals surface area contributed by atoms with E-state index in [1.807, 2.05) is 0 Å². The quantitative estimate of drug-likeness (QED) is 0.586. The maximum atomic E-state index is 11.8. The number of nitro benzene ring substituents is 1. The maximum absolute atomic E-state index is 11.8. The zero-order valence-electron chi connectivity index (χ0n) is 11.6. The number of hydrogen-bond acceptors (Lipinski definition) is 4. The molecule has 21 heavy (non-hydrogen) atoms. The summed E-state index contributed by atoms with van der Waals surface area (Å²) in [4.78, 5) is 33.8. The van der Waals surface area contributed by atoms with Crippen LogP contribution in [-0.4, -0.2) is 40.5 Å². The monoisotopic (exact) mass is 295 g/mol. The van der Waals surface area contributed by atoms with E-state index in [1.165, 1.54) is 18.0 Å². The van der Waals surface area contributed by atoms with Gasteiger partial charge >= 0.3 is 12.0 Å². The number of nitrogens with zero attached hydrogens (tertiary/aromatic N) is 2. The summed E-state index contributed by atoms with van der Waals surface area (Å²) in [5.41, 5.74) is 0.362. The molecule has 1 aromatic rings. The molecule has 0 spiro atoms. The normalized spacial score (nSPS) is 9.95. The van der Waals surface area contributed by atoms with Gasteiger partial charge in [0.15, 0.2) is 0 Å². The Morgan fingerprint density at radius 3 is 2.67 bits per heavy atom. The molecule has 0 fully saturated rings. The highest BCUT2D eigenvalue weighted by Crippen LogP contribution is 2.17. The second-order valence-electron chi connectivity index (χ2n) is 4.46. The lowest BCUT2D eigenvalue weighted by Gasteiger charge is -2.17. The van der Waals surface area contributed by atoms with Crippen LogP contribution in [0.5, 0.6) is 0 Å². The van der Waals surface area contributed by atoms with Crippen molar-refractivity contribution in [2.24, 2.45) is 0 Å². The minimum atomic E-state index is -0.913. The van der Waals surface area contributed by atoms with Gasteiger partial charge in [-0.15, -0.1) is 0 Å². The third-order valence-electron chi connectivity index (χ3n) is 2.85. The van der Waals surface area contributed by atoms with Crippen molar-refractivity contribution in [2.75, 3.05) is 13.6 Å². The first-order valence-electron chi connectivity index (χ1n) is 6.35. The number of nitro groups is 1. The van der Waals surface area contributed by atoms with Crippen LogP contribution < -0.4 is 5.32 Å². The fraction of sp³-hybridized carbons (Fsp3) is 0.385. The van der Waals surface area contributed by atoms with Crippen LogP contribution in [0.4, 0.5) is 10.5 Å². The fourth-order valence-electron chi connectivity index (χ4n) is 1.71. The van der Waals surface area contributed by atoms with E-state index in [-0.39, 0.29) is 18.7 Å². The summed E-state index contributed by atoms with van der Waals surface area (Å²) in [5, 5.41) is 21.9. The summed E-state index contributed by atoms with van der Waals surface area (Å²) >= 11 is 0. The van der Waals surface area contributed by atoms with Crippen molar-refractivity contribution in [3.05, 3.63) is 39.9 Å². The number of carbonyl (C=O) groups is 2. The van der Waals surface area contributed by atoms with Gasteiger partial charge in [-0.3, -0.25) is 14.9 Å². The van der Waals surface area contributed by atoms with Crippen LogP contribution in [0.25, 0.3) is 0 Å². The molecule has 0 aliphatic heterocycles. The molecule has 0 bridgehead atoms. The molecule has 1 rings (SSSR count).